The number of rotatable bonds is 3. The molecule has 2 heterocycles. The SMILES string of the molecule is CC(=O)O[C@H]1C[C@@H](C(=O)O)[C@]2(C)CC[C@H]3C(=O)O[C@@H](c4ccoc4)C[C@]3(C)[C@H]2C1=O. The zero-order chi connectivity index (χ0) is 21.8. The number of esters is 2. The smallest absolute Gasteiger partial charge is 0.310 e. The zero-order valence-corrected chi connectivity index (χ0v) is 17.3. The van der Waals surface area contributed by atoms with Gasteiger partial charge in [0.15, 0.2) is 11.9 Å². The molecule has 0 aromatic carbocycles. The monoisotopic (exact) mass is 418 g/mol. The number of hydrogen-bond donors (Lipinski definition) is 1. The lowest BCUT2D eigenvalue weighted by Gasteiger charge is -2.60. The Labute approximate surface area is 173 Å². The van der Waals surface area contributed by atoms with Crippen molar-refractivity contribution in [1.29, 1.82) is 0 Å². The molecule has 4 rings (SSSR count). The van der Waals surface area contributed by atoms with Crippen molar-refractivity contribution in [3.63, 3.8) is 0 Å². The van der Waals surface area contributed by atoms with Crippen LogP contribution in [0.15, 0.2) is 23.0 Å². The number of carboxylic acid groups (broad SMARTS) is 1. The van der Waals surface area contributed by atoms with E-state index < -0.39 is 52.7 Å². The Kier molecular flexibility index (Phi) is 4.78. The number of ketones is 1. The Morgan fingerprint density at radius 3 is 2.57 bits per heavy atom. The van der Waals surface area contributed by atoms with E-state index in [1.165, 1.54) is 19.5 Å². The van der Waals surface area contributed by atoms with Crippen LogP contribution < -0.4 is 0 Å². The van der Waals surface area contributed by atoms with Gasteiger partial charge in [-0.05, 0) is 36.2 Å². The molecule has 3 fully saturated rings. The molecule has 1 aromatic heterocycles. The largest absolute Gasteiger partial charge is 0.481 e. The number of ether oxygens (including phenoxy) is 2. The molecular weight excluding hydrogens is 392 g/mol. The third-order valence-corrected chi connectivity index (χ3v) is 7.62. The summed E-state index contributed by atoms with van der Waals surface area (Å²) < 4.78 is 16.0. The summed E-state index contributed by atoms with van der Waals surface area (Å²) in [5.74, 6) is -4.44. The first-order chi connectivity index (χ1) is 14.1. The third kappa shape index (κ3) is 2.96. The molecular formula is C22H26O8. The van der Waals surface area contributed by atoms with Gasteiger partial charge < -0.3 is 19.0 Å². The normalized spacial score (nSPS) is 40.7. The molecule has 7 atom stereocenters. The highest BCUT2D eigenvalue weighted by molar-refractivity contribution is 5.93. The Hall–Kier alpha value is -2.64. The number of carbonyl (C=O) groups is 4. The van der Waals surface area contributed by atoms with E-state index in [1.54, 1.807) is 6.07 Å². The first-order valence-corrected chi connectivity index (χ1v) is 10.2. The number of carboxylic acids is 1. The maximum absolute atomic E-state index is 13.6. The summed E-state index contributed by atoms with van der Waals surface area (Å²) in [6, 6.07) is 1.72. The van der Waals surface area contributed by atoms with E-state index >= 15 is 0 Å². The summed E-state index contributed by atoms with van der Waals surface area (Å²) in [7, 11) is 0. The molecule has 1 N–H and O–H groups in total. The van der Waals surface area contributed by atoms with Crippen LogP contribution in [0.5, 0.6) is 0 Å². The number of furan rings is 1. The lowest BCUT2D eigenvalue weighted by atomic mass is 9.43. The second-order valence-electron chi connectivity index (χ2n) is 9.35. The fourth-order valence-corrected chi connectivity index (χ4v) is 6.34. The lowest BCUT2D eigenvalue weighted by Crippen LogP contribution is -2.64. The number of aliphatic carboxylic acids is 1. The van der Waals surface area contributed by atoms with Crippen LogP contribution >= 0.6 is 0 Å². The van der Waals surface area contributed by atoms with Crippen molar-refractivity contribution in [3.8, 4) is 0 Å². The van der Waals surface area contributed by atoms with Crippen molar-refractivity contribution in [2.45, 2.75) is 58.7 Å². The quantitative estimate of drug-likeness (QED) is 0.744. The molecule has 8 nitrogen and oxygen atoms in total. The fraction of sp³-hybridized carbons (Fsp3) is 0.636. The molecule has 1 aliphatic heterocycles. The Morgan fingerprint density at radius 2 is 1.97 bits per heavy atom. The van der Waals surface area contributed by atoms with Crippen LogP contribution in [0.4, 0.5) is 0 Å². The van der Waals surface area contributed by atoms with Crippen LogP contribution in [0.1, 0.15) is 58.1 Å². The van der Waals surface area contributed by atoms with E-state index in [2.05, 4.69) is 0 Å². The van der Waals surface area contributed by atoms with Gasteiger partial charge in [-0.25, -0.2) is 0 Å². The molecule has 3 aliphatic rings. The predicted molar refractivity (Wildman–Crippen MR) is 101 cm³/mol. The summed E-state index contributed by atoms with van der Waals surface area (Å²) in [6.45, 7) is 4.90. The van der Waals surface area contributed by atoms with Crippen LogP contribution in [0.2, 0.25) is 0 Å². The van der Waals surface area contributed by atoms with Crippen LogP contribution in [0, 0.1) is 28.6 Å². The minimum Gasteiger partial charge on any atom is -0.481 e. The van der Waals surface area contributed by atoms with Crippen molar-refractivity contribution < 1.29 is 38.2 Å². The van der Waals surface area contributed by atoms with E-state index in [1.807, 2.05) is 13.8 Å². The number of Topliss-reactive ketones (excluding diaryl/α,β-unsaturated/α-hetero) is 1. The molecule has 1 saturated heterocycles. The van der Waals surface area contributed by atoms with Crippen molar-refractivity contribution in [2.75, 3.05) is 0 Å². The summed E-state index contributed by atoms with van der Waals surface area (Å²) in [5.41, 5.74) is -0.970. The fourth-order valence-electron chi connectivity index (χ4n) is 6.34. The predicted octanol–water partition coefficient (Wildman–Crippen LogP) is 2.91. The average Bonchev–Trinajstić information content (AvgIpc) is 3.17. The van der Waals surface area contributed by atoms with Crippen LogP contribution in [0.3, 0.4) is 0 Å². The summed E-state index contributed by atoms with van der Waals surface area (Å²) in [4.78, 5) is 50.3. The minimum absolute atomic E-state index is 0.0445. The molecule has 162 valence electrons. The number of carbonyl (C=O) groups excluding carboxylic acids is 3. The van der Waals surface area contributed by atoms with Gasteiger partial charge in [-0.3, -0.25) is 19.2 Å². The maximum Gasteiger partial charge on any atom is 0.310 e. The highest BCUT2D eigenvalue weighted by Gasteiger charge is 2.67. The van der Waals surface area contributed by atoms with Crippen LogP contribution in [-0.2, 0) is 28.7 Å². The van der Waals surface area contributed by atoms with Crippen molar-refractivity contribution >= 4 is 23.7 Å². The molecule has 0 radical (unpaired) electrons. The molecule has 2 saturated carbocycles. The van der Waals surface area contributed by atoms with Gasteiger partial charge in [-0.2, -0.15) is 0 Å². The Morgan fingerprint density at radius 1 is 1.23 bits per heavy atom. The molecule has 0 spiro atoms. The van der Waals surface area contributed by atoms with Gasteiger partial charge in [-0.15, -0.1) is 0 Å². The van der Waals surface area contributed by atoms with Crippen molar-refractivity contribution in [2.24, 2.45) is 28.6 Å². The molecule has 2 aliphatic carbocycles. The van der Waals surface area contributed by atoms with Crippen molar-refractivity contribution in [3.05, 3.63) is 24.2 Å². The average molecular weight is 418 g/mol. The first kappa shape index (κ1) is 20.6. The minimum atomic E-state index is -1.12. The van der Waals surface area contributed by atoms with E-state index in [0.717, 1.165) is 0 Å². The van der Waals surface area contributed by atoms with E-state index in [0.29, 0.717) is 24.8 Å². The molecule has 8 heteroatoms. The van der Waals surface area contributed by atoms with Crippen molar-refractivity contribution in [1.82, 2.24) is 0 Å². The maximum atomic E-state index is 13.6. The summed E-state index contributed by atoms with van der Waals surface area (Å²) in [5, 5.41) is 9.96. The van der Waals surface area contributed by atoms with Crippen LogP contribution in [-0.4, -0.2) is 34.9 Å². The zero-order valence-electron chi connectivity index (χ0n) is 17.3. The molecule has 1 aromatic rings. The Bertz CT molecular complexity index is 889. The molecule has 0 unspecified atom stereocenters. The summed E-state index contributed by atoms with van der Waals surface area (Å²) >= 11 is 0. The highest BCUT2D eigenvalue weighted by Crippen LogP contribution is 2.65. The molecule has 30 heavy (non-hydrogen) atoms. The van der Waals surface area contributed by atoms with Crippen LogP contribution in [0.25, 0.3) is 0 Å². The highest BCUT2D eigenvalue weighted by atomic mass is 16.6. The van der Waals surface area contributed by atoms with Gasteiger partial charge in [0, 0.05) is 24.8 Å². The second kappa shape index (κ2) is 6.96. The van der Waals surface area contributed by atoms with E-state index in [9.17, 15) is 24.3 Å². The second-order valence-corrected chi connectivity index (χ2v) is 9.35. The van der Waals surface area contributed by atoms with E-state index in [4.69, 9.17) is 13.9 Å². The first-order valence-electron chi connectivity index (χ1n) is 10.2. The van der Waals surface area contributed by atoms with Gasteiger partial charge in [0.1, 0.15) is 6.10 Å². The van der Waals surface area contributed by atoms with Gasteiger partial charge >= 0.3 is 17.9 Å². The standard InChI is InChI=1S/C22H26O8/c1-11(23)29-15-8-14(19(25)26)21(2)6-4-13-20(27)30-16(12-5-7-28-10-12)9-22(13,3)18(21)17(15)24/h5,7,10,13-16,18H,4,6,8-9H2,1-3H3,(H,25,26)/t13-,14-,15-,16+,18-,21-,22-/m0/s1. The van der Waals surface area contributed by atoms with Gasteiger partial charge in [0.05, 0.1) is 24.4 Å². The number of hydrogen-bond acceptors (Lipinski definition) is 7. The van der Waals surface area contributed by atoms with Gasteiger partial charge in [-0.1, -0.05) is 13.8 Å². The molecule has 0 bridgehead atoms. The lowest BCUT2D eigenvalue weighted by molar-refractivity contribution is -0.209. The number of cyclic esters (lactones) is 1. The molecule has 0 amide bonds. The summed E-state index contributed by atoms with van der Waals surface area (Å²) in [6.07, 6.45) is 2.49. The third-order valence-electron chi connectivity index (χ3n) is 7.62. The Balaban J connectivity index is 1.79. The topological polar surface area (TPSA) is 120 Å². The van der Waals surface area contributed by atoms with E-state index in [-0.39, 0.29) is 18.2 Å². The number of fused-ring (bicyclic) bond motifs is 3. The van der Waals surface area contributed by atoms with Gasteiger partial charge in [0.2, 0.25) is 0 Å². The van der Waals surface area contributed by atoms with Gasteiger partial charge in [0.25, 0.3) is 0 Å².